The Labute approximate surface area is 67.3 Å². The van der Waals surface area contributed by atoms with Crippen LogP contribution in [0.1, 0.15) is 0 Å². The molecule has 1 heterocycles. The van der Waals surface area contributed by atoms with Crippen LogP contribution in [0, 0.1) is 9.81 Å². The molecule has 0 spiro atoms. The maximum atomic E-state index is 10.1. The molecule has 9 nitrogen and oxygen atoms in total. The van der Waals surface area contributed by atoms with Gasteiger partial charge in [0.25, 0.3) is 0 Å². The van der Waals surface area contributed by atoms with E-state index >= 15 is 0 Å². The van der Waals surface area contributed by atoms with Crippen molar-refractivity contribution in [1.29, 1.82) is 0 Å². The average molecular weight is 176 g/mol. The van der Waals surface area contributed by atoms with Gasteiger partial charge >= 0.3 is 0 Å². The van der Waals surface area contributed by atoms with Crippen molar-refractivity contribution in [1.82, 2.24) is 20.6 Å². The van der Waals surface area contributed by atoms with Gasteiger partial charge in [0.2, 0.25) is 0 Å². The molecule has 9 heteroatoms. The van der Waals surface area contributed by atoms with E-state index in [2.05, 4.69) is 10.6 Å². The van der Waals surface area contributed by atoms with Crippen LogP contribution in [0.15, 0.2) is 10.6 Å². The molecule has 0 aliphatic carbocycles. The van der Waals surface area contributed by atoms with Gasteiger partial charge in [-0.2, -0.15) is 5.01 Å². The highest BCUT2D eigenvalue weighted by Crippen LogP contribution is 2.04. The molecule has 68 valence electrons. The van der Waals surface area contributed by atoms with E-state index in [1.165, 1.54) is 5.01 Å². The van der Waals surface area contributed by atoms with Crippen molar-refractivity contribution in [2.75, 3.05) is 20.0 Å². The number of nitrogens with zero attached hydrogens (tertiary/aromatic N) is 5. The van der Waals surface area contributed by atoms with Crippen molar-refractivity contribution < 1.29 is 5.21 Å². The molecule has 0 saturated carbocycles. The average Bonchev–Trinajstić information content (AvgIpc) is 2.16. The van der Waals surface area contributed by atoms with Crippen LogP contribution < -0.4 is 5.59 Å². The summed E-state index contributed by atoms with van der Waals surface area (Å²) in [7, 11) is 0. The number of rotatable bonds is 3. The van der Waals surface area contributed by atoms with E-state index in [9.17, 15) is 9.81 Å². The first-order chi connectivity index (χ1) is 5.80. The van der Waals surface area contributed by atoms with Gasteiger partial charge in [-0.25, -0.2) is 10.0 Å². The standard InChI is InChI=1S/C3H8N6O3/c10-4-7-1-8(5-11)3-9(2-7)6-12/h4,10H,1-3H2. The van der Waals surface area contributed by atoms with Gasteiger partial charge in [-0.1, -0.05) is 0 Å². The van der Waals surface area contributed by atoms with Crippen molar-refractivity contribution >= 4 is 0 Å². The summed E-state index contributed by atoms with van der Waals surface area (Å²) in [5.74, 6) is 0. The van der Waals surface area contributed by atoms with Crippen LogP contribution in [0.5, 0.6) is 0 Å². The highest BCUT2D eigenvalue weighted by molar-refractivity contribution is 4.58. The molecule has 0 unspecified atom stereocenters. The SMILES string of the molecule is O=NN1CN(N=O)CN(NO)C1. The van der Waals surface area contributed by atoms with Gasteiger partial charge in [-0.15, -0.1) is 15.4 Å². The van der Waals surface area contributed by atoms with Crippen LogP contribution in [0.25, 0.3) is 0 Å². The minimum absolute atomic E-state index is 0.0329. The lowest BCUT2D eigenvalue weighted by atomic mass is 10.7. The minimum atomic E-state index is 0.0329. The quantitative estimate of drug-likeness (QED) is 0.421. The number of nitrogens with one attached hydrogen (secondary N) is 1. The lowest BCUT2D eigenvalue weighted by Gasteiger charge is -2.34. The maximum Gasteiger partial charge on any atom is 0.133 e. The van der Waals surface area contributed by atoms with E-state index in [0.717, 1.165) is 10.0 Å². The first-order valence-electron chi connectivity index (χ1n) is 3.11. The molecule has 0 aromatic rings. The van der Waals surface area contributed by atoms with Crippen LogP contribution in [-0.4, -0.2) is 40.2 Å². The third kappa shape index (κ3) is 1.84. The monoisotopic (exact) mass is 176 g/mol. The number of nitroso groups, excluding NO2 is 2. The third-order valence-corrected chi connectivity index (χ3v) is 1.37. The van der Waals surface area contributed by atoms with Crippen LogP contribution in [0.3, 0.4) is 0 Å². The predicted octanol–water partition coefficient (Wildman–Crippen LogP) is -0.965. The fourth-order valence-corrected chi connectivity index (χ4v) is 0.883. The first-order valence-corrected chi connectivity index (χ1v) is 3.11. The van der Waals surface area contributed by atoms with Crippen molar-refractivity contribution in [3.05, 3.63) is 9.81 Å². The molecule has 1 aliphatic rings. The van der Waals surface area contributed by atoms with Gasteiger partial charge < -0.3 is 5.21 Å². The summed E-state index contributed by atoms with van der Waals surface area (Å²) in [5, 5.41) is 16.9. The summed E-state index contributed by atoms with van der Waals surface area (Å²) >= 11 is 0. The summed E-state index contributed by atoms with van der Waals surface area (Å²) in [5.41, 5.74) is 1.78. The third-order valence-electron chi connectivity index (χ3n) is 1.37. The van der Waals surface area contributed by atoms with Crippen LogP contribution in [0.2, 0.25) is 0 Å². The van der Waals surface area contributed by atoms with E-state index in [1.807, 2.05) is 0 Å². The molecule has 0 atom stereocenters. The lowest BCUT2D eigenvalue weighted by Crippen LogP contribution is -2.55. The lowest BCUT2D eigenvalue weighted by molar-refractivity contribution is -0.127. The molecule has 1 fully saturated rings. The Kier molecular flexibility index (Phi) is 2.85. The van der Waals surface area contributed by atoms with Gasteiger partial charge in [0.05, 0.1) is 10.6 Å². The number of hydrazine groups is 1. The summed E-state index contributed by atoms with van der Waals surface area (Å²) in [4.78, 5) is 20.1. The Balaban J connectivity index is 2.51. The first kappa shape index (κ1) is 8.77. The second-order valence-electron chi connectivity index (χ2n) is 2.24. The number of hydrogen-bond acceptors (Lipinski definition) is 7. The summed E-state index contributed by atoms with van der Waals surface area (Å²) < 4.78 is 0. The Morgan fingerprint density at radius 1 is 1.08 bits per heavy atom. The van der Waals surface area contributed by atoms with Gasteiger partial charge in [-0.05, 0) is 0 Å². The van der Waals surface area contributed by atoms with Gasteiger partial charge in [0.15, 0.2) is 0 Å². The van der Waals surface area contributed by atoms with E-state index in [4.69, 9.17) is 5.21 Å². The van der Waals surface area contributed by atoms with Crippen molar-refractivity contribution in [3.8, 4) is 0 Å². The normalized spacial score (nSPS) is 19.4. The fourth-order valence-electron chi connectivity index (χ4n) is 0.883. The highest BCUT2D eigenvalue weighted by atomic mass is 16.5. The summed E-state index contributed by atoms with van der Waals surface area (Å²) in [6, 6.07) is 0. The van der Waals surface area contributed by atoms with Crippen molar-refractivity contribution in [3.63, 3.8) is 0 Å². The molecule has 0 aromatic carbocycles. The number of hydrogen-bond donors (Lipinski definition) is 2. The molecule has 1 aliphatic heterocycles. The zero-order valence-corrected chi connectivity index (χ0v) is 6.12. The van der Waals surface area contributed by atoms with Gasteiger partial charge in [0.1, 0.15) is 20.0 Å². The Morgan fingerprint density at radius 2 is 1.58 bits per heavy atom. The van der Waals surface area contributed by atoms with E-state index in [1.54, 1.807) is 5.59 Å². The predicted molar refractivity (Wildman–Crippen MR) is 36.6 cm³/mol. The smallest absolute Gasteiger partial charge is 0.133 e. The molecule has 0 amide bonds. The van der Waals surface area contributed by atoms with Crippen molar-refractivity contribution in [2.24, 2.45) is 10.6 Å². The molecular formula is C3H8N6O3. The Morgan fingerprint density at radius 3 is 1.92 bits per heavy atom. The maximum absolute atomic E-state index is 10.1. The molecular weight excluding hydrogens is 168 g/mol. The Bertz CT molecular complexity index is 159. The fraction of sp³-hybridized carbons (Fsp3) is 1.00. The summed E-state index contributed by atoms with van der Waals surface area (Å²) in [6.07, 6.45) is 0. The second kappa shape index (κ2) is 3.90. The van der Waals surface area contributed by atoms with E-state index in [-0.39, 0.29) is 20.0 Å². The molecule has 2 N–H and O–H groups in total. The van der Waals surface area contributed by atoms with Gasteiger partial charge in [-0.3, -0.25) is 0 Å². The minimum Gasteiger partial charge on any atom is -0.302 e. The molecule has 12 heavy (non-hydrogen) atoms. The van der Waals surface area contributed by atoms with Crippen molar-refractivity contribution in [2.45, 2.75) is 0 Å². The second-order valence-corrected chi connectivity index (χ2v) is 2.24. The van der Waals surface area contributed by atoms with Crippen LogP contribution in [0.4, 0.5) is 0 Å². The zero-order valence-electron chi connectivity index (χ0n) is 6.12. The summed E-state index contributed by atoms with van der Waals surface area (Å²) in [6.45, 7) is 0.239. The molecule has 0 radical (unpaired) electrons. The van der Waals surface area contributed by atoms with Crippen LogP contribution in [-0.2, 0) is 0 Å². The topological polar surface area (TPSA) is 101 Å². The zero-order chi connectivity index (χ0) is 8.97. The Hall–Kier alpha value is -1.32. The van der Waals surface area contributed by atoms with Gasteiger partial charge in [0, 0.05) is 0 Å². The van der Waals surface area contributed by atoms with E-state index in [0.29, 0.717) is 0 Å². The van der Waals surface area contributed by atoms with Crippen LogP contribution >= 0.6 is 0 Å². The highest BCUT2D eigenvalue weighted by Gasteiger charge is 2.22. The molecule has 1 saturated heterocycles. The molecule has 0 bridgehead atoms. The van der Waals surface area contributed by atoms with E-state index < -0.39 is 0 Å². The molecule has 1 rings (SSSR count). The molecule has 0 aromatic heterocycles. The largest absolute Gasteiger partial charge is 0.302 e.